The number of rotatable bonds is 4. The minimum absolute atomic E-state index is 0.461. The van der Waals surface area contributed by atoms with Gasteiger partial charge in [0.15, 0.2) is 0 Å². The van der Waals surface area contributed by atoms with Gasteiger partial charge in [-0.1, -0.05) is 63.4 Å². The molecule has 0 radical (unpaired) electrons. The number of nitrogens with one attached hydrogen (secondary N) is 1. The topological polar surface area (TPSA) is 86.6 Å². The van der Waals surface area contributed by atoms with Crippen LogP contribution in [0.1, 0.15) is 63.9 Å². The van der Waals surface area contributed by atoms with Crippen LogP contribution in [-0.2, 0) is 10.4 Å². The summed E-state index contributed by atoms with van der Waals surface area (Å²) in [6.45, 7) is 6.16. The van der Waals surface area contributed by atoms with Gasteiger partial charge in [0.25, 0.3) is 0 Å². The second-order valence-electron chi connectivity index (χ2n) is 8.82. The van der Waals surface area contributed by atoms with Crippen LogP contribution in [0.15, 0.2) is 30.3 Å². The predicted octanol–water partition coefficient (Wildman–Crippen LogP) is 4.33. The molecule has 0 spiro atoms. The molecule has 5 unspecified atom stereocenters. The van der Waals surface area contributed by atoms with Crippen molar-refractivity contribution in [2.75, 3.05) is 6.54 Å². The third kappa shape index (κ3) is 5.31. The van der Waals surface area contributed by atoms with Gasteiger partial charge in [0.2, 0.25) is 0 Å². The third-order valence-electron chi connectivity index (χ3n) is 7.09. The van der Waals surface area contributed by atoms with Crippen LogP contribution < -0.4 is 5.32 Å². The van der Waals surface area contributed by atoms with Gasteiger partial charge in [0, 0.05) is 5.54 Å². The van der Waals surface area contributed by atoms with E-state index in [1.807, 2.05) is 0 Å². The van der Waals surface area contributed by atoms with Crippen LogP contribution in [0.2, 0.25) is 0 Å². The molecule has 2 saturated carbocycles. The van der Waals surface area contributed by atoms with Gasteiger partial charge in [-0.15, -0.1) is 0 Å². The number of piperidine rings is 1. The summed E-state index contributed by atoms with van der Waals surface area (Å²) in [5.74, 6) is 4.39. The van der Waals surface area contributed by atoms with E-state index < -0.39 is 10.4 Å². The van der Waals surface area contributed by atoms with Crippen LogP contribution in [-0.4, -0.2) is 29.6 Å². The Labute approximate surface area is 163 Å². The first-order valence-corrected chi connectivity index (χ1v) is 11.6. The number of benzene rings is 1. The van der Waals surface area contributed by atoms with Crippen molar-refractivity contribution in [3.05, 3.63) is 35.9 Å². The third-order valence-corrected chi connectivity index (χ3v) is 7.09. The van der Waals surface area contributed by atoms with Crippen molar-refractivity contribution < 1.29 is 17.5 Å². The number of hydrogen-bond donors (Lipinski definition) is 3. The molecule has 1 aromatic rings. The lowest BCUT2D eigenvalue weighted by Gasteiger charge is -2.56. The van der Waals surface area contributed by atoms with Crippen molar-refractivity contribution in [2.24, 2.45) is 23.7 Å². The van der Waals surface area contributed by atoms with Crippen molar-refractivity contribution in [1.29, 1.82) is 0 Å². The Balaban J connectivity index is 0.000000376. The van der Waals surface area contributed by atoms with E-state index in [1.165, 1.54) is 45.1 Å². The molecular weight excluding hydrogens is 362 g/mol. The Kier molecular flexibility index (Phi) is 6.31. The smallest absolute Gasteiger partial charge is 0.311 e. The maximum Gasteiger partial charge on any atom is 0.394 e. The highest BCUT2D eigenvalue weighted by Gasteiger charge is 2.52. The largest absolute Gasteiger partial charge is 0.394 e. The molecule has 1 aromatic carbocycles. The summed E-state index contributed by atoms with van der Waals surface area (Å²) in [6, 6.07) is 11.4. The lowest BCUT2D eigenvalue weighted by Crippen LogP contribution is -2.62. The SMILES string of the molecule is CCC1CNC2(CC3CC3)CC1C(c1ccccc1)CC2C.O=S(=O)(O)O. The van der Waals surface area contributed by atoms with Crippen molar-refractivity contribution in [3.8, 4) is 0 Å². The molecule has 1 saturated heterocycles. The maximum absolute atomic E-state index is 8.74. The van der Waals surface area contributed by atoms with Gasteiger partial charge in [-0.25, -0.2) is 0 Å². The average Bonchev–Trinajstić information content (AvgIpc) is 3.42. The minimum atomic E-state index is -4.67. The Hall–Kier alpha value is -0.950. The molecule has 1 heterocycles. The molecule has 152 valence electrons. The quantitative estimate of drug-likeness (QED) is 0.661. The molecule has 5 nitrogen and oxygen atoms in total. The zero-order valence-electron chi connectivity index (χ0n) is 16.3. The zero-order valence-corrected chi connectivity index (χ0v) is 17.2. The highest BCUT2D eigenvalue weighted by molar-refractivity contribution is 7.79. The molecule has 3 N–H and O–H groups in total. The van der Waals surface area contributed by atoms with Gasteiger partial charge in [-0.2, -0.15) is 8.42 Å². The van der Waals surface area contributed by atoms with Crippen molar-refractivity contribution >= 4 is 10.4 Å². The van der Waals surface area contributed by atoms with Crippen molar-refractivity contribution in [1.82, 2.24) is 5.32 Å². The fraction of sp³-hybridized carbons (Fsp3) is 0.714. The molecule has 1 aliphatic heterocycles. The van der Waals surface area contributed by atoms with Crippen LogP contribution in [0, 0.1) is 23.7 Å². The monoisotopic (exact) mass is 395 g/mol. The van der Waals surface area contributed by atoms with Gasteiger partial charge in [-0.05, 0) is 61.0 Å². The van der Waals surface area contributed by atoms with Crippen molar-refractivity contribution in [2.45, 2.75) is 63.8 Å². The van der Waals surface area contributed by atoms with Gasteiger partial charge in [-0.3, -0.25) is 9.11 Å². The number of fused-ring (bicyclic) bond motifs is 2. The molecule has 5 atom stereocenters. The summed E-state index contributed by atoms with van der Waals surface area (Å²) >= 11 is 0. The molecule has 2 bridgehead atoms. The molecule has 6 heteroatoms. The Morgan fingerprint density at radius 2 is 1.81 bits per heavy atom. The van der Waals surface area contributed by atoms with Crippen molar-refractivity contribution in [3.63, 3.8) is 0 Å². The summed E-state index contributed by atoms with van der Waals surface area (Å²) in [7, 11) is -4.67. The lowest BCUT2D eigenvalue weighted by molar-refractivity contribution is 0.00934. The number of hydrogen-bond acceptors (Lipinski definition) is 3. The first-order valence-electron chi connectivity index (χ1n) is 10.2. The highest BCUT2D eigenvalue weighted by Crippen LogP contribution is 2.55. The first-order chi connectivity index (χ1) is 12.7. The Morgan fingerprint density at radius 3 is 2.37 bits per heavy atom. The standard InChI is InChI=1S/C21H31N.H2O4S/c1-3-17-14-22-21(12-16-9-10-16)13-20(17)19(11-15(21)2)18-7-5-4-6-8-18;1-5(2,3)4/h4-8,15-17,19-20,22H,3,9-14H2,1-2H3;(H2,1,2,3,4). The van der Waals surface area contributed by atoms with E-state index in [-0.39, 0.29) is 0 Å². The summed E-state index contributed by atoms with van der Waals surface area (Å²) < 4.78 is 31.6. The van der Waals surface area contributed by atoms with Crippen LogP contribution >= 0.6 is 0 Å². The molecule has 2 aliphatic carbocycles. The summed E-state index contributed by atoms with van der Waals surface area (Å²) in [5.41, 5.74) is 2.06. The van der Waals surface area contributed by atoms with E-state index in [2.05, 4.69) is 49.5 Å². The molecule has 3 aliphatic rings. The van der Waals surface area contributed by atoms with E-state index in [0.717, 1.165) is 29.6 Å². The van der Waals surface area contributed by atoms with Gasteiger partial charge < -0.3 is 5.32 Å². The lowest BCUT2D eigenvalue weighted by atomic mass is 9.56. The van der Waals surface area contributed by atoms with Gasteiger partial charge in [0.05, 0.1) is 0 Å². The summed E-state index contributed by atoms with van der Waals surface area (Å²) in [4.78, 5) is 0. The normalized spacial score (nSPS) is 35.9. The van der Waals surface area contributed by atoms with Crippen LogP contribution in [0.3, 0.4) is 0 Å². The second-order valence-corrected chi connectivity index (χ2v) is 9.72. The summed E-state index contributed by atoms with van der Waals surface area (Å²) in [6.07, 6.45) is 8.55. The molecule has 0 aromatic heterocycles. The molecule has 27 heavy (non-hydrogen) atoms. The maximum atomic E-state index is 8.74. The van der Waals surface area contributed by atoms with E-state index in [4.69, 9.17) is 17.5 Å². The molecule has 3 fully saturated rings. The summed E-state index contributed by atoms with van der Waals surface area (Å²) in [5, 5.41) is 4.06. The Bertz CT molecular complexity index is 711. The molecule has 4 rings (SSSR count). The fourth-order valence-electron chi connectivity index (χ4n) is 5.50. The van der Waals surface area contributed by atoms with E-state index in [0.29, 0.717) is 5.54 Å². The van der Waals surface area contributed by atoms with Crippen LogP contribution in [0.4, 0.5) is 0 Å². The molecular formula is C21H33NO4S. The van der Waals surface area contributed by atoms with Crippen LogP contribution in [0.5, 0.6) is 0 Å². The van der Waals surface area contributed by atoms with E-state index >= 15 is 0 Å². The Morgan fingerprint density at radius 1 is 1.19 bits per heavy atom. The van der Waals surface area contributed by atoms with E-state index in [1.54, 1.807) is 5.56 Å². The minimum Gasteiger partial charge on any atom is -0.311 e. The van der Waals surface area contributed by atoms with Gasteiger partial charge >= 0.3 is 10.4 Å². The first kappa shape index (κ1) is 20.8. The second kappa shape index (κ2) is 8.19. The van der Waals surface area contributed by atoms with Crippen LogP contribution in [0.25, 0.3) is 0 Å². The predicted molar refractivity (Wildman–Crippen MR) is 107 cm³/mol. The highest BCUT2D eigenvalue weighted by atomic mass is 32.3. The zero-order chi connectivity index (χ0) is 19.7. The average molecular weight is 396 g/mol. The van der Waals surface area contributed by atoms with E-state index in [9.17, 15) is 0 Å². The fourth-order valence-corrected chi connectivity index (χ4v) is 5.50. The molecule has 0 amide bonds. The van der Waals surface area contributed by atoms with Gasteiger partial charge in [0.1, 0.15) is 0 Å².